The first-order valence-corrected chi connectivity index (χ1v) is 2.87. The van der Waals surface area contributed by atoms with Crippen molar-refractivity contribution < 1.29 is 0 Å². The lowest BCUT2D eigenvalue weighted by atomic mass is 10.2. The summed E-state index contributed by atoms with van der Waals surface area (Å²) < 4.78 is 0. The smallest absolute Gasteiger partial charge is 0.0694 e. The van der Waals surface area contributed by atoms with Gasteiger partial charge >= 0.3 is 0 Å². The van der Waals surface area contributed by atoms with Crippen LogP contribution in [0.4, 0.5) is 0 Å². The first kappa shape index (κ1) is 7.23. The van der Waals surface area contributed by atoms with Crippen molar-refractivity contribution in [3.63, 3.8) is 0 Å². The van der Waals surface area contributed by atoms with E-state index in [0.29, 0.717) is 0 Å². The van der Waals surface area contributed by atoms with Gasteiger partial charge in [-0.1, -0.05) is 19.1 Å². The van der Waals surface area contributed by atoms with Crippen LogP contribution in [0.5, 0.6) is 0 Å². The highest BCUT2D eigenvalue weighted by molar-refractivity contribution is 4.96. The monoisotopic (exact) mass is 109 g/mol. The van der Waals surface area contributed by atoms with E-state index in [9.17, 15) is 0 Å². The minimum atomic E-state index is 0.0787. The normalized spacial score (nSPS) is 13.6. The molecule has 0 aliphatic rings. The largest absolute Gasteiger partial charge is 0.198 e. The highest BCUT2D eigenvalue weighted by atomic mass is 14.2. The highest BCUT2D eigenvalue weighted by Gasteiger charge is 1.86. The number of nitrogens with zero attached hydrogens (tertiary/aromatic N) is 1. The molecular formula is C7H11N. The molecule has 0 aliphatic heterocycles. The summed E-state index contributed by atoms with van der Waals surface area (Å²) in [6.07, 6.45) is 4.94. The summed E-state index contributed by atoms with van der Waals surface area (Å²) in [5, 5.41) is 8.26. The Morgan fingerprint density at radius 3 is 2.75 bits per heavy atom. The van der Waals surface area contributed by atoms with Crippen molar-refractivity contribution in [2.24, 2.45) is 5.92 Å². The fourth-order valence-corrected chi connectivity index (χ4v) is 0.383. The minimum Gasteiger partial charge on any atom is -0.198 e. The van der Waals surface area contributed by atoms with Crippen LogP contribution in [0.2, 0.25) is 0 Å². The first-order chi connectivity index (χ1) is 3.81. The third kappa shape index (κ3) is 3.42. The molecule has 0 rings (SSSR count). The molecule has 0 spiro atoms. The SMILES string of the molecule is CCC=CC(C)C#N. The van der Waals surface area contributed by atoms with Crippen molar-refractivity contribution in [2.45, 2.75) is 20.3 Å². The van der Waals surface area contributed by atoms with E-state index >= 15 is 0 Å². The Hall–Kier alpha value is -0.770. The standard InChI is InChI=1S/C7H11N/c1-3-4-5-7(2)6-8/h4-5,7H,3H2,1-2H3. The molecule has 0 bridgehead atoms. The van der Waals surface area contributed by atoms with Gasteiger partial charge in [0, 0.05) is 0 Å². The van der Waals surface area contributed by atoms with E-state index in [1.54, 1.807) is 0 Å². The second-order valence-corrected chi connectivity index (χ2v) is 1.75. The van der Waals surface area contributed by atoms with Gasteiger partial charge in [-0.15, -0.1) is 0 Å². The van der Waals surface area contributed by atoms with Crippen LogP contribution >= 0.6 is 0 Å². The predicted octanol–water partition coefficient (Wildman–Crippen LogP) is 2.11. The predicted molar refractivity (Wildman–Crippen MR) is 34.2 cm³/mol. The van der Waals surface area contributed by atoms with Crippen molar-refractivity contribution in [1.29, 1.82) is 5.26 Å². The van der Waals surface area contributed by atoms with Crippen molar-refractivity contribution in [2.75, 3.05) is 0 Å². The fraction of sp³-hybridized carbons (Fsp3) is 0.571. The Morgan fingerprint density at radius 2 is 2.38 bits per heavy atom. The van der Waals surface area contributed by atoms with Crippen LogP contribution in [-0.4, -0.2) is 0 Å². The molecule has 0 aliphatic carbocycles. The summed E-state index contributed by atoms with van der Waals surface area (Å²) in [4.78, 5) is 0. The Labute approximate surface area is 50.6 Å². The van der Waals surface area contributed by atoms with E-state index in [-0.39, 0.29) is 5.92 Å². The average Bonchev–Trinajstić information content (AvgIpc) is 1.83. The lowest BCUT2D eigenvalue weighted by Gasteiger charge is -1.86. The van der Waals surface area contributed by atoms with Gasteiger partial charge in [-0.05, 0) is 13.3 Å². The summed E-state index contributed by atoms with van der Waals surface area (Å²) >= 11 is 0. The number of allylic oxidation sites excluding steroid dienone is 2. The summed E-state index contributed by atoms with van der Waals surface area (Å²) in [7, 11) is 0. The topological polar surface area (TPSA) is 23.8 Å². The molecule has 0 aromatic heterocycles. The second kappa shape index (κ2) is 4.39. The molecule has 0 heterocycles. The maximum Gasteiger partial charge on any atom is 0.0694 e. The quantitative estimate of drug-likeness (QED) is 0.498. The molecule has 0 saturated heterocycles. The summed E-state index contributed by atoms with van der Waals surface area (Å²) in [6, 6.07) is 2.11. The molecule has 1 nitrogen and oxygen atoms in total. The van der Waals surface area contributed by atoms with Crippen LogP contribution in [0.25, 0.3) is 0 Å². The first-order valence-electron chi connectivity index (χ1n) is 2.87. The van der Waals surface area contributed by atoms with E-state index in [0.717, 1.165) is 6.42 Å². The Kier molecular flexibility index (Phi) is 3.97. The van der Waals surface area contributed by atoms with Gasteiger partial charge in [0.1, 0.15) is 0 Å². The maximum atomic E-state index is 8.26. The zero-order valence-electron chi connectivity index (χ0n) is 5.39. The number of hydrogen-bond donors (Lipinski definition) is 0. The Bertz CT molecular complexity index is 108. The van der Waals surface area contributed by atoms with Gasteiger partial charge < -0.3 is 0 Å². The van der Waals surface area contributed by atoms with Crippen LogP contribution < -0.4 is 0 Å². The Morgan fingerprint density at radius 1 is 1.75 bits per heavy atom. The molecule has 1 unspecified atom stereocenters. The lowest BCUT2D eigenvalue weighted by Crippen LogP contribution is -1.79. The molecule has 0 aromatic rings. The molecule has 0 amide bonds. The molecule has 0 radical (unpaired) electrons. The average molecular weight is 109 g/mol. The molecule has 0 saturated carbocycles. The van der Waals surface area contributed by atoms with Crippen LogP contribution in [-0.2, 0) is 0 Å². The zero-order chi connectivity index (χ0) is 6.41. The second-order valence-electron chi connectivity index (χ2n) is 1.75. The summed E-state index contributed by atoms with van der Waals surface area (Å²) in [5.41, 5.74) is 0. The molecule has 1 heteroatoms. The van der Waals surface area contributed by atoms with Gasteiger partial charge in [0.15, 0.2) is 0 Å². The fourth-order valence-electron chi connectivity index (χ4n) is 0.383. The molecule has 1 atom stereocenters. The van der Waals surface area contributed by atoms with Gasteiger partial charge in [-0.25, -0.2) is 0 Å². The van der Waals surface area contributed by atoms with Gasteiger partial charge in [0.2, 0.25) is 0 Å². The molecule has 0 fully saturated rings. The van der Waals surface area contributed by atoms with Crippen molar-refractivity contribution in [3.05, 3.63) is 12.2 Å². The Balaban J connectivity index is 3.40. The van der Waals surface area contributed by atoms with Crippen molar-refractivity contribution in [1.82, 2.24) is 0 Å². The minimum absolute atomic E-state index is 0.0787. The van der Waals surface area contributed by atoms with Crippen molar-refractivity contribution in [3.8, 4) is 6.07 Å². The van der Waals surface area contributed by atoms with E-state index < -0.39 is 0 Å². The number of rotatable bonds is 2. The summed E-state index contributed by atoms with van der Waals surface area (Å²) in [6.45, 7) is 3.94. The van der Waals surface area contributed by atoms with Crippen molar-refractivity contribution >= 4 is 0 Å². The third-order valence-corrected chi connectivity index (χ3v) is 0.864. The van der Waals surface area contributed by atoms with Crippen LogP contribution in [0.15, 0.2) is 12.2 Å². The molecular weight excluding hydrogens is 98.1 g/mol. The molecule has 8 heavy (non-hydrogen) atoms. The number of hydrogen-bond acceptors (Lipinski definition) is 1. The lowest BCUT2D eigenvalue weighted by molar-refractivity contribution is 0.946. The van der Waals surface area contributed by atoms with E-state index in [1.807, 2.05) is 19.1 Å². The molecule has 44 valence electrons. The van der Waals surface area contributed by atoms with E-state index in [2.05, 4.69) is 13.0 Å². The van der Waals surface area contributed by atoms with E-state index in [4.69, 9.17) is 5.26 Å². The zero-order valence-corrected chi connectivity index (χ0v) is 5.39. The number of nitriles is 1. The van der Waals surface area contributed by atoms with Gasteiger partial charge in [0.25, 0.3) is 0 Å². The van der Waals surface area contributed by atoms with Crippen LogP contribution in [0.3, 0.4) is 0 Å². The van der Waals surface area contributed by atoms with Gasteiger partial charge in [0.05, 0.1) is 12.0 Å². The van der Waals surface area contributed by atoms with Gasteiger partial charge in [-0.3, -0.25) is 0 Å². The maximum absolute atomic E-state index is 8.26. The van der Waals surface area contributed by atoms with Crippen LogP contribution in [0, 0.1) is 17.2 Å². The van der Waals surface area contributed by atoms with Crippen LogP contribution in [0.1, 0.15) is 20.3 Å². The third-order valence-electron chi connectivity index (χ3n) is 0.864. The summed E-state index contributed by atoms with van der Waals surface area (Å²) in [5.74, 6) is 0.0787. The van der Waals surface area contributed by atoms with Gasteiger partial charge in [-0.2, -0.15) is 5.26 Å². The molecule has 0 N–H and O–H groups in total. The molecule has 0 aromatic carbocycles. The highest BCUT2D eigenvalue weighted by Crippen LogP contribution is 1.93. The van der Waals surface area contributed by atoms with E-state index in [1.165, 1.54) is 0 Å².